The fourth-order valence-corrected chi connectivity index (χ4v) is 3.10. The number of rotatable bonds is 6. The molecule has 1 saturated heterocycles. The maximum atomic E-state index is 13.1. The second-order valence-corrected chi connectivity index (χ2v) is 6.68. The van der Waals surface area contributed by atoms with Gasteiger partial charge in [-0.3, -0.25) is 9.89 Å². The average Bonchev–Trinajstić information content (AvgIpc) is 3.13. The lowest BCUT2D eigenvalue weighted by Crippen LogP contribution is -2.46. The lowest BCUT2D eigenvalue weighted by molar-refractivity contribution is 0.0272. The molecular formula is C19H26N4O2. The highest BCUT2D eigenvalue weighted by Crippen LogP contribution is 2.20. The number of nitrogens with zero attached hydrogens (tertiary/aromatic N) is 3. The molecule has 0 unspecified atom stereocenters. The van der Waals surface area contributed by atoms with Gasteiger partial charge in [0.15, 0.2) is 0 Å². The number of carbonyl (C=O) groups is 1. The van der Waals surface area contributed by atoms with E-state index in [1.54, 1.807) is 0 Å². The Hall–Kier alpha value is -2.18. The van der Waals surface area contributed by atoms with Crippen LogP contribution >= 0.6 is 0 Å². The average molecular weight is 342 g/mol. The Morgan fingerprint density at radius 2 is 1.92 bits per heavy atom. The Balaban J connectivity index is 1.78. The maximum Gasteiger partial charge on any atom is 0.272 e. The third-order valence-corrected chi connectivity index (χ3v) is 4.56. The van der Waals surface area contributed by atoms with Gasteiger partial charge >= 0.3 is 0 Å². The van der Waals surface area contributed by atoms with Gasteiger partial charge in [0, 0.05) is 37.9 Å². The van der Waals surface area contributed by atoms with Crippen LogP contribution in [0.5, 0.6) is 0 Å². The van der Waals surface area contributed by atoms with Crippen molar-refractivity contribution in [2.45, 2.75) is 18.9 Å². The molecule has 0 spiro atoms. The topological polar surface area (TPSA) is 61.5 Å². The highest BCUT2D eigenvalue weighted by Gasteiger charge is 2.27. The van der Waals surface area contributed by atoms with Crippen molar-refractivity contribution < 1.29 is 9.53 Å². The van der Waals surface area contributed by atoms with E-state index in [0.29, 0.717) is 25.5 Å². The summed E-state index contributed by atoms with van der Waals surface area (Å²) < 4.78 is 5.45. The number of benzene rings is 1. The van der Waals surface area contributed by atoms with Crippen LogP contribution < -0.4 is 0 Å². The molecule has 3 rings (SSSR count). The van der Waals surface area contributed by atoms with E-state index < -0.39 is 0 Å². The molecule has 1 aliphatic heterocycles. The van der Waals surface area contributed by atoms with Gasteiger partial charge in [-0.1, -0.05) is 30.3 Å². The van der Waals surface area contributed by atoms with Crippen LogP contribution in [-0.2, 0) is 4.74 Å². The first-order chi connectivity index (χ1) is 12.1. The van der Waals surface area contributed by atoms with Gasteiger partial charge in [-0.05, 0) is 33.0 Å². The lowest BCUT2D eigenvalue weighted by atomic mass is 10.1. The minimum absolute atomic E-state index is 0.0171. The van der Waals surface area contributed by atoms with Crippen LogP contribution in [0.3, 0.4) is 0 Å². The van der Waals surface area contributed by atoms with Crippen molar-refractivity contribution in [2.75, 3.05) is 40.4 Å². The van der Waals surface area contributed by atoms with Crippen LogP contribution in [-0.4, -0.2) is 72.3 Å². The summed E-state index contributed by atoms with van der Waals surface area (Å²) in [6.45, 7) is 2.97. The number of ether oxygens (including phenoxy) is 1. The molecule has 0 bridgehead atoms. The van der Waals surface area contributed by atoms with Crippen molar-refractivity contribution >= 4 is 5.91 Å². The zero-order chi connectivity index (χ0) is 17.6. The third-order valence-electron chi connectivity index (χ3n) is 4.56. The van der Waals surface area contributed by atoms with Crippen LogP contribution in [0.4, 0.5) is 0 Å². The number of amides is 1. The Kier molecular flexibility index (Phi) is 5.83. The molecule has 1 aromatic heterocycles. The largest absolute Gasteiger partial charge is 0.381 e. The van der Waals surface area contributed by atoms with Gasteiger partial charge in [-0.15, -0.1) is 0 Å². The first-order valence-corrected chi connectivity index (χ1v) is 8.79. The third kappa shape index (κ3) is 4.46. The van der Waals surface area contributed by atoms with E-state index >= 15 is 0 Å². The van der Waals surface area contributed by atoms with Gasteiger partial charge in [0.25, 0.3) is 5.91 Å². The number of carbonyl (C=O) groups excluding carboxylic acids is 1. The minimum atomic E-state index is 0.0171. The molecule has 1 amide bonds. The van der Waals surface area contributed by atoms with Crippen LogP contribution in [0.15, 0.2) is 36.4 Å². The molecule has 1 aromatic carbocycles. The predicted octanol–water partition coefficient (Wildman–Crippen LogP) is 2.26. The molecule has 25 heavy (non-hydrogen) atoms. The smallest absolute Gasteiger partial charge is 0.272 e. The summed E-state index contributed by atoms with van der Waals surface area (Å²) in [6, 6.07) is 12.0. The highest BCUT2D eigenvalue weighted by atomic mass is 16.5. The molecule has 0 radical (unpaired) electrons. The Bertz CT molecular complexity index is 678. The van der Waals surface area contributed by atoms with Gasteiger partial charge in [-0.2, -0.15) is 5.10 Å². The van der Waals surface area contributed by atoms with E-state index in [-0.39, 0.29) is 11.9 Å². The first-order valence-electron chi connectivity index (χ1n) is 8.79. The highest BCUT2D eigenvalue weighted by molar-refractivity contribution is 5.93. The number of aromatic amines is 1. The molecule has 1 fully saturated rings. The summed E-state index contributed by atoms with van der Waals surface area (Å²) in [5.41, 5.74) is 2.34. The summed E-state index contributed by atoms with van der Waals surface area (Å²) >= 11 is 0. The zero-order valence-electron chi connectivity index (χ0n) is 14.9. The van der Waals surface area contributed by atoms with E-state index in [1.165, 1.54) is 0 Å². The predicted molar refractivity (Wildman–Crippen MR) is 97.5 cm³/mol. The Morgan fingerprint density at radius 1 is 1.20 bits per heavy atom. The fraction of sp³-hybridized carbons (Fsp3) is 0.474. The van der Waals surface area contributed by atoms with Gasteiger partial charge < -0.3 is 14.5 Å². The molecule has 6 heteroatoms. The quantitative estimate of drug-likeness (QED) is 0.875. The fourth-order valence-electron chi connectivity index (χ4n) is 3.10. The van der Waals surface area contributed by atoms with E-state index in [9.17, 15) is 4.79 Å². The normalized spacial score (nSPS) is 15.5. The minimum Gasteiger partial charge on any atom is -0.381 e. The molecule has 0 aliphatic carbocycles. The van der Waals surface area contributed by atoms with Crippen molar-refractivity contribution in [1.82, 2.24) is 20.0 Å². The van der Waals surface area contributed by atoms with Crippen LogP contribution in [0.1, 0.15) is 23.3 Å². The molecular weight excluding hydrogens is 316 g/mol. The molecule has 0 atom stereocenters. The molecule has 2 heterocycles. The number of aromatic nitrogens is 2. The summed E-state index contributed by atoms with van der Waals surface area (Å²) in [5, 5.41) is 7.25. The Morgan fingerprint density at radius 3 is 2.60 bits per heavy atom. The van der Waals surface area contributed by atoms with Gasteiger partial charge in [0.2, 0.25) is 0 Å². The first kappa shape index (κ1) is 17.6. The van der Waals surface area contributed by atoms with E-state index in [0.717, 1.165) is 30.6 Å². The number of nitrogens with one attached hydrogen (secondary N) is 1. The standard InChI is InChI=1S/C19H26N4O2/c1-22(2)10-11-23(16-8-12-25-13-9-16)19(24)18-14-17(20-21-18)15-6-4-3-5-7-15/h3-7,14,16H,8-13H2,1-2H3,(H,20,21). The molecule has 1 N–H and O–H groups in total. The molecule has 1 aliphatic rings. The zero-order valence-corrected chi connectivity index (χ0v) is 14.9. The lowest BCUT2D eigenvalue weighted by Gasteiger charge is -2.34. The molecule has 0 saturated carbocycles. The van der Waals surface area contributed by atoms with E-state index in [2.05, 4.69) is 15.1 Å². The Labute approximate surface area is 148 Å². The van der Waals surface area contributed by atoms with Gasteiger partial charge in [-0.25, -0.2) is 0 Å². The molecule has 6 nitrogen and oxygen atoms in total. The summed E-state index contributed by atoms with van der Waals surface area (Å²) in [6.07, 6.45) is 1.78. The van der Waals surface area contributed by atoms with Crippen LogP contribution in [0.2, 0.25) is 0 Å². The monoisotopic (exact) mass is 342 g/mol. The van der Waals surface area contributed by atoms with Crippen molar-refractivity contribution in [3.63, 3.8) is 0 Å². The molecule has 134 valence electrons. The number of H-pyrrole nitrogens is 1. The number of likely N-dealkylation sites (N-methyl/N-ethyl adjacent to an activating group) is 1. The summed E-state index contributed by atoms with van der Waals surface area (Å²) in [5.74, 6) is 0.0171. The SMILES string of the molecule is CN(C)CCN(C(=O)c1cc(-c2ccccc2)n[nH]1)C1CCOCC1. The van der Waals surface area contributed by atoms with E-state index in [1.807, 2.05) is 55.4 Å². The second kappa shape index (κ2) is 8.27. The van der Waals surface area contributed by atoms with Crippen LogP contribution in [0, 0.1) is 0 Å². The maximum absolute atomic E-state index is 13.1. The summed E-state index contributed by atoms with van der Waals surface area (Å²) in [4.78, 5) is 17.2. The van der Waals surface area contributed by atoms with Gasteiger partial charge in [0.1, 0.15) is 5.69 Å². The van der Waals surface area contributed by atoms with E-state index in [4.69, 9.17) is 4.74 Å². The van der Waals surface area contributed by atoms with Crippen molar-refractivity contribution in [1.29, 1.82) is 0 Å². The van der Waals surface area contributed by atoms with Crippen LogP contribution in [0.25, 0.3) is 11.3 Å². The number of hydrogen-bond donors (Lipinski definition) is 1. The van der Waals surface area contributed by atoms with Crippen molar-refractivity contribution in [2.24, 2.45) is 0 Å². The summed E-state index contributed by atoms with van der Waals surface area (Å²) in [7, 11) is 4.05. The second-order valence-electron chi connectivity index (χ2n) is 6.68. The molecule has 2 aromatic rings. The number of hydrogen-bond acceptors (Lipinski definition) is 4. The van der Waals surface area contributed by atoms with Crippen molar-refractivity contribution in [3.8, 4) is 11.3 Å². The van der Waals surface area contributed by atoms with Gasteiger partial charge in [0.05, 0.1) is 5.69 Å². The van der Waals surface area contributed by atoms with Crippen molar-refractivity contribution in [3.05, 3.63) is 42.1 Å².